The van der Waals surface area contributed by atoms with E-state index >= 15 is 0 Å². The maximum absolute atomic E-state index is 6.50. The van der Waals surface area contributed by atoms with Crippen molar-refractivity contribution >= 4 is 0 Å². The molecule has 1 aromatic rings. The topological polar surface area (TPSA) is 53.7 Å². The molecule has 1 aromatic carbocycles. The second-order valence-corrected chi connectivity index (χ2v) is 5.83. The maximum atomic E-state index is 6.50. The molecule has 1 aliphatic carbocycles. The van der Waals surface area contributed by atoms with Crippen LogP contribution in [0, 0.1) is 0 Å². The molecule has 1 saturated carbocycles. The Bertz CT molecular complexity index is 463. The van der Waals surface area contributed by atoms with E-state index in [0.29, 0.717) is 6.61 Å². The summed E-state index contributed by atoms with van der Waals surface area (Å²) < 4.78 is 16.8. The molecule has 1 unspecified atom stereocenters. The fourth-order valence-corrected chi connectivity index (χ4v) is 3.15. The number of nitrogens with two attached hydrogens (primary N) is 1. The maximum Gasteiger partial charge on any atom is 0.161 e. The van der Waals surface area contributed by atoms with E-state index in [2.05, 4.69) is 6.07 Å². The van der Waals surface area contributed by atoms with Crippen molar-refractivity contribution < 1.29 is 14.2 Å². The van der Waals surface area contributed by atoms with Gasteiger partial charge in [0.25, 0.3) is 0 Å². The van der Waals surface area contributed by atoms with Crippen molar-refractivity contribution in [1.82, 2.24) is 0 Å². The lowest BCUT2D eigenvalue weighted by Gasteiger charge is -2.25. The molecule has 0 bridgehead atoms. The monoisotopic (exact) mass is 277 g/mol. The van der Waals surface area contributed by atoms with Gasteiger partial charge in [-0.15, -0.1) is 0 Å². The highest BCUT2D eigenvalue weighted by molar-refractivity contribution is 5.45. The largest absolute Gasteiger partial charge is 0.493 e. The van der Waals surface area contributed by atoms with E-state index in [1.165, 1.54) is 12.8 Å². The van der Waals surface area contributed by atoms with E-state index in [0.717, 1.165) is 42.9 Å². The minimum absolute atomic E-state index is 0.132. The van der Waals surface area contributed by atoms with E-state index in [1.54, 1.807) is 7.11 Å². The Kier molecular flexibility index (Phi) is 3.85. The zero-order valence-corrected chi connectivity index (χ0v) is 12.1. The second-order valence-electron chi connectivity index (χ2n) is 5.83. The van der Waals surface area contributed by atoms with Gasteiger partial charge in [0.1, 0.15) is 6.10 Å². The van der Waals surface area contributed by atoms with Gasteiger partial charge in [0.15, 0.2) is 11.5 Å². The van der Waals surface area contributed by atoms with Crippen LogP contribution < -0.4 is 15.2 Å². The number of benzene rings is 1. The highest BCUT2D eigenvalue weighted by Gasteiger charge is 2.32. The third-order valence-corrected chi connectivity index (χ3v) is 4.42. The Balaban J connectivity index is 1.81. The summed E-state index contributed by atoms with van der Waals surface area (Å²) in [4.78, 5) is 0. The molecule has 0 amide bonds. The lowest BCUT2D eigenvalue weighted by atomic mass is 9.89. The minimum atomic E-state index is -0.192. The van der Waals surface area contributed by atoms with E-state index < -0.39 is 0 Å². The van der Waals surface area contributed by atoms with Crippen LogP contribution >= 0.6 is 0 Å². The van der Waals surface area contributed by atoms with Crippen molar-refractivity contribution in [2.75, 3.05) is 20.3 Å². The van der Waals surface area contributed by atoms with Crippen LogP contribution in [0.15, 0.2) is 18.2 Å². The molecule has 0 aromatic heterocycles. The van der Waals surface area contributed by atoms with E-state index in [9.17, 15) is 0 Å². The highest BCUT2D eigenvalue weighted by atomic mass is 16.6. The zero-order chi connectivity index (χ0) is 14.0. The van der Waals surface area contributed by atoms with Crippen LogP contribution in [-0.4, -0.2) is 26.4 Å². The summed E-state index contributed by atoms with van der Waals surface area (Å²) in [6.45, 7) is 1.43. The molecule has 2 N–H and O–H groups in total. The van der Waals surface area contributed by atoms with Crippen LogP contribution in [0.2, 0.25) is 0 Å². The Morgan fingerprint density at radius 1 is 1.25 bits per heavy atom. The third-order valence-electron chi connectivity index (χ3n) is 4.42. The minimum Gasteiger partial charge on any atom is -0.493 e. The average Bonchev–Trinajstić information content (AvgIpc) is 3.11. The fourth-order valence-electron chi connectivity index (χ4n) is 3.15. The summed E-state index contributed by atoms with van der Waals surface area (Å²) in [5.41, 5.74) is 7.46. The van der Waals surface area contributed by atoms with Gasteiger partial charge < -0.3 is 19.9 Å². The predicted molar refractivity (Wildman–Crippen MR) is 77.2 cm³/mol. The molecule has 4 heteroatoms. The smallest absolute Gasteiger partial charge is 0.161 e. The molecule has 1 heterocycles. The summed E-state index contributed by atoms with van der Waals surface area (Å²) in [5.74, 6) is 1.56. The first-order valence-corrected chi connectivity index (χ1v) is 7.43. The summed E-state index contributed by atoms with van der Waals surface area (Å²) in [6, 6.07) is 6.11. The molecular weight excluding hydrogens is 254 g/mol. The molecule has 1 saturated heterocycles. The number of ether oxygens (including phenoxy) is 3. The van der Waals surface area contributed by atoms with Gasteiger partial charge >= 0.3 is 0 Å². The molecule has 20 heavy (non-hydrogen) atoms. The first-order chi connectivity index (χ1) is 9.71. The van der Waals surface area contributed by atoms with Gasteiger partial charge in [-0.2, -0.15) is 0 Å². The van der Waals surface area contributed by atoms with Gasteiger partial charge in [-0.25, -0.2) is 0 Å². The Morgan fingerprint density at radius 3 is 2.70 bits per heavy atom. The van der Waals surface area contributed by atoms with Crippen LogP contribution in [0.25, 0.3) is 0 Å². The van der Waals surface area contributed by atoms with Gasteiger partial charge in [0, 0.05) is 12.0 Å². The van der Waals surface area contributed by atoms with Gasteiger partial charge in [-0.3, -0.25) is 0 Å². The van der Waals surface area contributed by atoms with E-state index in [-0.39, 0.29) is 11.6 Å². The van der Waals surface area contributed by atoms with Crippen LogP contribution in [0.1, 0.15) is 37.7 Å². The van der Waals surface area contributed by atoms with E-state index in [1.807, 2.05) is 12.1 Å². The first kappa shape index (κ1) is 13.7. The lowest BCUT2D eigenvalue weighted by Crippen LogP contribution is -2.33. The van der Waals surface area contributed by atoms with Crippen molar-refractivity contribution in [2.24, 2.45) is 5.73 Å². The molecule has 110 valence electrons. The van der Waals surface area contributed by atoms with E-state index in [4.69, 9.17) is 19.9 Å². The molecule has 4 nitrogen and oxygen atoms in total. The van der Waals surface area contributed by atoms with Crippen molar-refractivity contribution in [3.63, 3.8) is 0 Å². The molecule has 0 spiro atoms. The normalized spacial score (nSPS) is 24.8. The molecule has 1 atom stereocenters. The molecule has 2 aliphatic rings. The molecule has 2 fully saturated rings. The second kappa shape index (κ2) is 5.62. The third kappa shape index (κ3) is 2.63. The molecule has 3 rings (SSSR count). The van der Waals surface area contributed by atoms with Crippen LogP contribution in [0.5, 0.6) is 11.5 Å². The van der Waals surface area contributed by atoms with Crippen molar-refractivity contribution in [1.29, 1.82) is 0 Å². The molecule has 0 radical (unpaired) electrons. The summed E-state index contributed by atoms with van der Waals surface area (Å²) >= 11 is 0. The number of methoxy groups -OCH3 is 1. The number of hydrogen-bond donors (Lipinski definition) is 1. The quantitative estimate of drug-likeness (QED) is 0.919. The van der Waals surface area contributed by atoms with Gasteiger partial charge in [0.2, 0.25) is 0 Å². The Hall–Kier alpha value is -1.26. The summed E-state index contributed by atoms with van der Waals surface area (Å²) in [6.07, 6.45) is 5.58. The number of rotatable bonds is 4. The fraction of sp³-hybridized carbons (Fsp3) is 0.625. The molecule has 1 aliphatic heterocycles. The van der Waals surface area contributed by atoms with Gasteiger partial charge in [-0.05, 0) is 30.5 Å². The standard InChI is InChI=1S/C16H23NO3/c1-18-15-10-12(16(17)7-2-3-8-16)4-5-14(15)20-13-6-9-19-11-13/h4-5,10,13H,2-3,6-9,11,17H2,1H3. The predicted octanol–water partition coefficient (Wildman–Crippen LogP) is 2.59. The van der Waals surface area contributed by atoms with Crippen LogP contribution in [0.4, 0.5) is 0 Å². The van der Waals surface area contributed by atoms with Crippen LogP contribution in [0.3, 0.4) is 0 Å². The lowest BCUT2D eigenvalue weighted by molar-refractivity contribution is 0.138. The van der Waals surface area contributed by atoms with Crippen molar-refractivity contribution in [3.05, 3.63) is 23.8 Å². The average molecular weight is 277 g/mol. The van der Waals surface area contributed by atoms with Crippen LogP contribution in [-0.2, 0) is 10.3 Å². The van der Waals surface area contributed by atoms with Crippen molar-refractivity contribution in [2.45, 2.75) is 43.7 Å². The van der Waals surface area contributed by atoms with Crippen molar-refractivity contribution in [3.8, 4) is 11.5 Å². The molecular formula is C16H23NO3. The highest BCUT2D eigenvalue weighted by Crippen LogP contribution is 2.40. The summed E-state index contributed by atoms with van der Waals surface area (Å²) in [7, 11) is 1.68. The number of hydrogen-bond acceptors (Lipinski definition) is 4. The Morgan fingerprint density at radius 2 is 2.05 bits per heavy atom. The zero-order valence-electron chi connectivity index (χ0n) is 12.1. The summed E-state index contributed by atoms with van der Waals surface area (Å²) in [5, 5.41) is 0. The van der Waals surface area contributed by atoms with Gasteiger partial charge in [0.05, 0.1) is 20.3 Å². The Labute approximate surface area is 120 Å². The first-order valence-electron chi connectivity index (χ1n) is 7.43. The van der Waals surface area contributed by atoms with Gasteiger partial charge in [-0.1, -0.05) is 18.9 Å². The SMILES string of the molecule is COc1cc(C2(N)CCCC2)ccc1OC1CCOC1.